The maximum atomic E-state index is 11.6. The molecule has 0 radical (unpaired) electrons. The third-order valence-corrected chi connectivity index (χ3v) is 3.59. The molecular formula is C8H13N3O4S. The Hall–Kier alpha value is -1.28. The summed E-state index contributed by atoms with van der Waals surface area (Å²) >= 11 is 0. The second-order valence-electron chi connectivity index (χ2n) is 3.29. The van der Waals surface area contributed by atoms with Crippen molar-refractivity contribution < 1.29 is 18.0 Å². The van der Waals surface area contributed by atoms with Crippen molar-refractivity contribution in [2.75, 3.05) is 6.54 Å². The van der Waals surface area contributed by atoms with Crippen LogP contribution in [0.1, 0.15) is 19.8 Å². The van der Waals surface area contributed by atoms with Crippen molar-refractivity contribution in [3.63, 3.8) is 0 Å². The van der Waals surface area contributed by atoms with Crippen molar-refractivity contribution in [3.05, 3.63) is 0 Å². The zero-order valence-corrected chi connectivity index (χ0v) is 9.58. The lowest BCUT2D eigenvalue weighted by molar-refractivity contribution is -0.118. The summed E-state index contributed by atoms with van der Waals surface area (Å²) in [6.45, 7) is 2.19. The summed E-state index contributed by atoms with van der Waals surface area (Å²) < 4.78 is 25.5. The van der Waals surface area contributed by atoms with E-state index in [1.165, 1.54) is 0 Å². The lowest BCUT2D eigenvalue weighted by atomic mass is 10.3. The Morgan fingerprint density at radius 3 is 2.75 bits per heavy atom. The number of hydrogen-bond donors (Lipinski definition) is 2. The van der Waals surface area contributed by atoms with Crippen molar-refractivity contribution in [1.82, 2.24) is 10.0 Å². The summed E-state index contributed by atoms with van der Waals surface area (Å²) in [5, 5.41) is 0.402. The minimum Gasteiger partial charge on any atom is -0.275 e. The van der Waals surface area contributed by atoms with Gasteiger partial charge in [0.25, 0.3) is 5.91 Å². The predicted octanol–water partition coefficient (Wildman–Crippen LogP) is -0.605. The number of carbonyl (C=O) groups is 2. The second kappa shape index (κ2) is 5.17. The van der Waals surface area contributed by atoms with Crippen LogP contribution in [-0.2, 0) is 14.8 Å². The number of sulfonamides is 1. The summed E-state index contributed by atoms with van der Waals surface area (Å²) in [7, 11) is -3.79. The van der Waals surface area contributed by atoms with E-state index in [4.69, 9.17) is 0 Å². The molecule has 8 heteroatoms. The highest BCUT2D eigenvalue weighted by molar-refractivity contribution is 7.91. The van der Waals surface area contributed by atoms with E-state index in [1.54, 1.807) is 0 Å². The third-order valence-electron chi connectivity index (χ3n) is 1.98. The quantitative estimate of drug-likeness (QED) is 0.632. The molecule has 3 amide bonds. The SMILES string of the molecule is CCCCNS(=O)(=O)C1C=NC(=O)NC1=O. The number of carbonyl (C=O) groups excluding carboxylic acids is 2. The molecule has 0 spiro atoms. The molecule has 1 rings (SSSR count). The number of imide groups is 1. The van der Waals surface area contributed by atoms with Crippen LogP contribution in [0.5, 0.6) is 0 Å². The van der Waals surface area contributed by atoms with Crippen LogP contribution in [0, 0.1) is 0 Å². The van der Waals surface area contributed by atoms with Gasteiger partial charge in [0.2, 0.25) is 10.0 Å². The summed E-state index contributed by atoms with van der Waals surface area (Å²) in [4.78, 5) is 25.1. The molecule has 7 nitrogen and oxygen atoms in total. The smallest absolute Gasteiger partial charge is 0.275 e. The number of aliphatic imine (C=N–C) groups is 1. The zero-order chi connectivity index (χ0) is 12.2. The lowest BCUT2D eigenvalue weighted by Crippen LogP contribution is -2.50. The number of nitrogens with one attached hydrogen (secondary N) is 2. The molecule has 2 N–H and O–H groups in total. The highest BCUT2D eigenvalue weighted by atomic mass is 32.2. The first-order valence-corrected chi connectivity index (χ1v) is 6.39. The van der Waals surface area contributed by atoms with Crippen LogP contribution in [0.15, 0.2) is 4.99 Å². The van der Waals surface area contributed by atoms with Crippen LogP contribution >= 0.6 is 0 Å². The Balaban J connectivity index is 2.72. The van der Waals surface area contributed by atoms with E-state index >= 15 is 0 Å². The predicted molar refractivity (Wildman–Crippen MR) is 57.6 cm³/mol. The molecule has 0 saturated carbocycles. The van der Waals surface area contributed by atoms with Crippen molar-refractivity contribution in [2.45, 2.75) is 25.0 Å². The molecule has 0 aromatic heterocycles. The van der Waals surface area contributed by atoms with Gasteiger partial charge in [0.05, 0.1) is 0 Å². The van der Waals surface area contributed by atoms with E-state index in [0.717, 1.165) is 12.6 Å². The molecule has 0 aromatic carbocycles. The molecule has 1 atom stereocenters. The maximum Gasteiger partial charge on any atom is 0.347 e. The highest BCUT2D eigenvalue weighted by Crippen LogP contribution is 2.02. The number of hydrogen-bond acceptors (Lipinski definition) is 4. The Labute approximate surface area is 93.4 Å². The van der Waals surface area contributed by atoms with Crippen LogP contribution in [0.4, 0.5) is 4.79 Å². The minimum absolute atomic E-state index is 0.268. The summed E-state index contributed by atoms with van der Waals surface area (Å²) in [5.74, 6) is -0.871. The van der Waals surface area contributed by atoms with Crippen molar-refractivity contribution in [1.29, 1.82) is 0 Å². The Morgan fingerprint density at radius 2 is 2.19 bits per heavy atom. The minimum atomic E-state index is -3.79. The van der Waals surface area contributed by atoms with Gasteiger partial charge >= 0.3 is 6.03 Å². The fourth-order valence-corrected chi connectivity index (χ4v) is 2.28. The van der Waals surface area contributed by atoms with Gasteiger partial charge < -0.3 is 0 Å². The monoisotopic (exact) mass is 247 g/mol. The number of amides is 3. The van der Waals surface area contributed by atoms with Crippen molar-refractivity contribution in [2.24, 2.45) is 4.99 Å². The molecule has 0 bridgehead atoms. The van der Waals surface area contributed by atoms with Crippen LogP contribution in [0.3, 0.4) is 0 Å². The highest BCUT2D eigenvalue weighted by Gasteiger charge is 2.34. The Morgan fingerprint density at radius 1 is 1.50 bits per heavy atom. The molecule has 0 saturated heterocycles. The topological polar surface area (TPSA) is 105 Å². The molecule has 1 aliphatic rings. The van der Waals surface area contributed by atoms with Gasteiger partial charge in [0.1, 0.15) is 0 Å². The number of urea groups is 1. The molecule has 90 valence electrons. The number of rotatable bonds is 5. The van der Waals surface area contributed by atoms with Crippen LogP contribution in [0.25, 0.3) is 0 Å². The Bertz CT molecular complexity index is 415. The lowest BCUT2D eigenvalue weighted by Gasteiger charge is -2.15. The van der Waals surface area contributed by atoms with E-state index < -0.39 is 27.2 Å². The fourth-order valence-electron chi connectivity index (χ4n) is 1.11. The van der Waals surface area contributed by atoms with E-state index in [1.807, 2.05) is 12.2 Å². The number of unbranched alkanes of at least 4 members (excludes halogenated alkanes) is 1. The van der Waals surface area contributed by atoms with E-state index in [-0.39, 0.29) is 6.54 Å². The average molecular weight is 247 g/mol. The van der Waals surface area contributed by atoms with E-state index in [0.29, 0.717) is 6.42 Å². The molecule has 1 unspecified atom stereocenters. The van der Waals surface area contributed by atoms with E-state index in [2.05, 4.69) is 9.71 Å². The van der Waals surface area contributed by atoms with E-state index in [9.17, 15) is 18.0 Å². The largest absolute Gasteiger partial charge is 0.347 e. The van der Waals surface area contributed by atoms with Gasteiger partial charge in [-0.3, -0.25) is 10.1 Å². The van der Waals surface area contributed by atoms with Gasteiger partial charge in [0, 0.05) is 12.8 Å². The molecule has 1 aliphatic heterocycles. The van der Waals surface area contributed by atoms with Gasteiger partial charge in [-0.15, -0.1) is 0 Å². The average Bonchev–Trinajstić information content (AvgIpc) is 2.17. The van der Waals surface area contributed by atoms with Crippen molar-refractivity contribution >= 4 is 28.2 Å². The first-order valence-electron chi connectivity index (χ1n) is 4.85. The first kappa shape index (κ1) is 12.8. The molecule has 16 heavy (non-hydrogen) atoms. The van der Waals surface area contributed by atoms with Gasteiger partial charge in [-0.1, -0.05) is 13.3 Å². The molecule has 0 aliphatic carbocycles. The van der Waals surface area contributed by atoms with Crippen molar-refractivity contribution in [3.8, 4) is 0 Å². The molecule has 0 fully saturated rings. The van der Waals surface area contributed by atoms with Gasteiger partial charge in [-0.25, -0.2) is 22.9 Å². The van der Waals surface area contributed by atoms with Crippen LogP contribution in [-0.4, -0.2) is 38.4 Å². The normalized spacial score (nSPS) is 20.9. The summed E-state index contributed by atoms with van der Waals surface area (Å²) in [6, 6.07) is -0.843. The first-order chi connectivity index (χ1) is 7.47. The summed E-state index contributed by atoms with van der Waals surface area (Å²) in [5.41, 5.74) is 0. The fraction of sp³-hybridized carbons (Fsp3) is 0.625. The van der Waals surface area contributed by atoms with Crippen LogP contribution < -0.4 is 10.0 Å². The molecular weight excluding hydrogens is 234 g/mol. The Kier molecular flexibility index (Phi) is 4.13. The summed E-state index contributed by atoms with van der Waals surface area (Å²) in [6.07, 6.45) is 2.37. The number of nitrogens with zero attached hydrogens (tertiary/aromatic N) is 1. The molecule has 1 heterocycles. The standard InChI is InChI=1S/C8H13N3O4S/c1-2-3-4-10-16(14,15)6-5-9-8(13)11-7(6)12/h5-6,10H,2-4H2,1H3,(H,11,12,13). The third kappa shape index (κ3) is 3.11. The molecule has 0 aromatic rings. The van der Waals surface area contributed by atoms with Crippen LogP contribution in [0.2, 0.25) is 0 Å². The van der Waals surface area contributed by atoms with Gasteiger partial charge in [-0.2, -0.15) is 0 Å². The maximum absolute atomic E-state index is 11.6. The second-order valence-corrected chi connectivity index (χ2v) is 5.17. The zero-order valence-electron chi connectivity index (χ0n) is 8.76. The van der Waals surface area contributed by atoms with Gasteiger partial charge in [0.15, 0.2) is 5.25 Å². The van der Waals surface area contributed by atoms with Gasteiger partial charge in [-0.05, 0) is 6.42 Å².